The molecule has 0 spiro atoms. The second kappa shape index (κ2) is 9.71. The first kappa shape index (κ1) is 25.3. The summed E-state index contributed by atoms with van der Waals surface area (Å²) in [6, 6.07) is 16.5. The van der Waals surface area contributed by atoms with E-state index in [9.17, 15) is 0 Å². The van der Waals surface area contributed by atoms with Gasteiger partial charge in [-0.25, -0.2) is 0 Å². The molecule has 0 aliphatic carbocycles. The van der Waals surface area contributed by atoms with Crippen LogP contribution < -0.4 is 0 Å². The molecule has 0 saturated heterocycles. The Morgan fingerprint density at radius 2 is 0.857 bits per heavy atom. The molecule has 0 aliphatic heterocycles. The van der Waals surface area contributed by atoms with E-state index >= 15 is 0 Å². The molecule has 0 saturated carbocycles. The molecule has 2 aromatic heterocycles. The Morgan fingerprint density at radius 3 is 1.11 bits per heavy atom. The third-order valence-electron chi connectivity index (χ3n) is 7.28. The van der Waals surface area contributed by atoms with Crippen LogP contribution in [0.4, 0.5) is 0 Å². The maximum absolute atomic E-state index is 4.97. The molecule has 6 nitrogen and oxygen atoms in total. The second-order valence-electron chi connectivity index (χ2n) is 12.5. The van der Waals surface area contributed by atoms with Gasteiger partial charge in [-0.15, -0.1) is 0 Å². The van der Waals surface area contributed by atoms with E-state index in [1.54, 1.807) is 0 Å². The lowest BCUT2D eigenvalue weighted by Gasteiger charge is -2.41. The van der Waals surface area contributed by atoms with Gasteiger partial charge in [0.1, 0.15) is 22.1 Å². The topological polar surface area (TPSA) is 61.4 Å². The van der Waals surface area contributed by atoms with Gasteiger partial charge in [-0.3, -0.25) is 0 Å². The molecule has 2 heterocycles. The van der Waals surface area contributed by atoms with Gasteiger partial charge in [-0.2, -0.15) is 30.0 Å². The van der Waals surface area contributed by atoms with Crippen molar-refractivity contribution in [3.05, 3.63) is 48.5 Å². The molecule has 2 unspecified atom stereocenters. The van der Waals surface area contributed by atoms with E-state index in [0.717, 1.165) is 41.3 Å². The summed E-state index contributed by atoms with van der Waals surface area (Å²) in [6.45, 7) is 18.7. The van der Waals surface area contributed by atoms with Crippen molar-refractivity contribution in [3.63, 3.8) is 0 Å². The largest absolute Gasteiger partial charge is 0.180 e. The van der Waals surface area contributed by atoms with Gasteiger partial charge >= 0.3 is 0 Å². The molecular formula is C29H42N6. The molecule has 0 radical (unpaired) electrons. The Balaban J connectivity index is 1.82. The summed E-state index contributed by atoms with van der Waals surface area (Å²) in [4.78, 5) is 3.99. The summed E-state index contributed by atoms with van der Waals surface area (Å²) in [6.07, 6.45) is 3.03. The van der Waals surface area contributed by atoms with E-state index in [1.165, 1.54) is 0 Å². The maximum Gasteiger partial charge on any atom is 0.113 e. The van der Waals surface area contributed by atoms with Crippen LogP contribution in [0.25, 0.3) is 22.1 Å². The van der Waals surface area contributed by atoms with E-state index in [4.69, 9.17) is 20.4 Å². The van der Waals surface area contributed by atoms with Crippen LogP contribution in [0.15, 0.2) is 48.5 Å². The molecule has 188 valence electrons. The fourth-order valence-electron chi connectivity index (χ4n) is 6.07. The fraction of sp³-hybridized carbons (Fsp3) is 0.586. The Labute approximate surface area is 210 Å². The number of aromatic nitrogens is 6. The normalized spacial score (nSPS) is 14.9. The average molecular weight is 475 g/mol. The number of rotatable bonds is 10. The van der Waals surface area contributed by atoms with Crippen LogP contribution in [0.2, 0.25) is 0 Å². The molecular weight excluding hydrogens is 432 g/mol. The van der Waals surface area contributed by atoms with Gasteiger partial charge in [-0.05, 0) is 66.2 Å². The van der Waals surface area contributed by atoms with Crippen molar-refractivity contribution in [3.8, 4) is 0 Å². The summed E-state index contributed by atoms with van der Waals surface area (Å²) in [5, 5.41) is 19.9. The summed E-state index contributed by atoms with van der Waals surface area (Å²) in [5.74, 6) is 1.15. The molecule has 4 rings (SSSR count). The van der Waals surface area contributed by atoms with Gasteiger partial charge in [0.15, 0.2) is 0 Å². The standard InChI is InChI=1S/C29H42N6/c1-20(2)18-28(5,6)26(34-30-22-13-9-10-14-23(22)31-34)17-27(29(7,8)19-21(3)4)35-32-24-15-11-12-16-25(24)33-35/h9-16,20-21,26-27H,17-19H2,1-8H3. The Kier molecular flexibility index (Phi) is 7.03. The molecule has 0 bridgehead atoms. The van der Waals surface area contributed by atoms with Crippen molar-refractivity contribution in [2.75, 3.05) is 0 Å². The lowest BCUT2D eigenvalue weighted by atomic mass is 9.70. The van der Waals surface area contributed by atoms with Crippen molar-refractivity contribution < 1.29 is 0 Å². The molecule has 4 aromatic rings. The minimum Gasteiger partial charge on any atom is -0.180 e. The third kappa shape index (κ3) is 5.57. The number of benzene rings is 2. The highest BCUT2D eigenvalue weighted by molar-refractivity contribution is 5.73. The smallest absolute Gasteiger partial charge is 0.113 e. The predicted octanol–water partition coefficient (Wildman–Crippen LogP) is 7.49. The molecule has 6 heteroatoms. The molecule has 0 fully saturated rings. The lowest BCUT2D eigenvalue weighted by Crippen LogP contribution is -2.37. The molecule has 0 amide bonds. The quantitative estimate of drug-likeness (QED) is 0.239. The molecule has 0 N–H and O–H groups in total. The maximum atomic E-state index is 4.97. The van der Waals surface area contributed by atoms with Crippen molar-refractivity contribution in [1.29, 1.82) is 0 Å². The minimum absolute atomic E-state index is 0.0120. The van der Waals surface area contributed by atoms with Crippen LogP contribution >= 0.6 is 0 Å². The summed E-state index contributed by atoms with van der Waals surface area (Å²) in [7, 11) is 0. The highest BCUT2D eigenvalue weighted by atomic mass is 15.5. The van der Waals surface area contributed by atoms with Gasteiger partial charge in [-0.1, -0.05) is 79.7 Å². The number of fused-ring (bicyclic) bond motifs is 2. The van der Waals surface area contributed by atoms with Crippen LogP contribution in [-0.4, -0.2) is 30.0 Å². The predicted molar refractivity (Wildman–Crippen MR) is 144 cm³/mol. The third-order valence-corrected chi connectivity index (χ3v) is 7.28. The molecule has 0 aliphatic rings. The van der Waals surface area contributed by atoms with Crippen LogP contribution in [0.1, 0.15) is 86.7 Å². The molecule has 2 aromatic carbocycles. The Bertz CT molecular complexity index is 1100. The van der Waals surface area contributed by atoms with Crippen LogP contribution in [-0.2, 0) is 0 Å². The molecule has 2 atom stereocenters. The number of hydrogen-bond acceptors (Lipinski definition) is 4. The Hall–Kier alpha value is -2.76. The summed E-state index contributed by atoms with van der Waals surface area (Å²) < 4.78 is 0. The summed E-state index contributed by atoms with van der Waals surface area (Å²) >= 11 is 0. The first-order valence-corrected chi connectivity index (χ1v) is 13.1. The lowest BCUT2D eigenvalue weighted by molar-refractivity contribution is 0.0683. The highest BCUT2D eigenvalue weighted by Crippen LogP contribution is 2.47. The van der Waals surface area contributed by atoms with Gasteiger partial charge in [0.2, 0.25) is 0 Å². The zero-order chi connectivity index (χ0) is 25.4. The van der Waals surface area contributed by atoms with Crippen LogP contribution in [0.3, 0.4) is 0 Å². The van der Waals surface area contributed by atoms with Gasteiger partial charge in [0, 0.05) is 0 Å². The van der Waals surface area contributed by atoms with Gasteiger partial charge in [0.25, 0.3) is 0 Å². The SMILES string of the molecule is CC(C)CC(C)(C)C(CC(n1nc2ccccc2n1)C(C)(C)CC(C)C)n1nc2ccccc2n1. The zero-order valence-corrected chi connectivity index (χ0v) is 22.7. The van der Waals surface area contributed by atoms with E-state index in [0.29, 0.717) is 11.8 Å². The van der Waals surface area contributed by atoms with E-state index < -0.39 is 0 Å². The number of nitrogens with zero attached hydrogens (tertiary/aromatic N) is 6. The van der Waals surface area contributed by atoms with E-state index in [-0.39, 0.29) is 22.9 Å². The van der Waals surface area contributed by atoms with Gasteiger partial charge < -0.3 is 0 Å². The van der Waals surface area contributed by atoms with Crippen molar-refractivity contribution >= 4 is 22.1 Å². The first-order valence-electron chi connectivity index (χ1n) is 13.1. The Morgan fingerprint density at radius 1 is 0.571 bits per heavy atom. The highest BCUT2D eigenvalue weighted by Gasteiger charge is 2.41. The van der Waals surface area contributed by atoms with Crippen LogP contribution in [0.5, 0.6) is 0 Å². The molecule has 35 heavy (non-hydrogen) atoms. The van der Waals surface area contributed by atoms with Crippen LogP contribution in [0, 0.1) is 22.7 Å². The van der Waals surface area contributed by atoms with Crippen molar-refractivity contribution in [1.82, 2.24) is 30.0 Å². The summed E-state index contributed by atoms with van der Waals surface area (Å²) in [5.41, 5.74) is 3.75. The van der Waals surface area contributed by atoms with E-state index in [1.807, 2.05) is 58.1 Å². The fourth-order valence-corrected chi connectivity index (χ4v) is 6.07. The first-order chi connectivity index (χ1) is 16.5. The van der Waals surface area contributed by atoms with Crippen molar-refractivity contribution in [2.45, 2.75) is 86.7 Å². The zero-order valence-electron chi connectivity index (χ0n) is 22.7. The van der Waals surface area contributed by atoms with E-state index in [2.05, 4.69) is 55.4 Å². The second-order valence-corrected chi connectivity index (χ2v) is 12.5. The van der Waals surface area contributed by atoms with Gasteiger partial charge in [0.05, 0.1) is 12.1 Å². The average Bonchev–Trinajstić information content (AvgIpc) is 3.35. The minimum atomic E-state index is -0.0120. The number of hydrogen-bond donors (Lipinski definition) is 0. The van der Waals surface area contributed by atoms with Crippen molar-refractivity contribution in [2.24, 2.45) is 22.7 Å². The monoisotopic (exact) mass is 474 g/mol.